The van der Waals surface area contributed by atoms with Gasteiger partial charge < -0.3 is 9.80 Å². The number of anilines is 1. The Hall–Kier alpha value is -2.43. The minimum absolute atomic E-state index is 0.0987. The zero-order chi connectivity index (χ0) is 21.8. The quantitative estimate of drug-likeness (QED) is 0.627. The highest BCUT2D eigenvalue weighted by molar-refractivity contribution is 7.09. The molecule has 30 heavy (non-hydrogen) atoms. The Morgan fingerprint density at radius 3 is 2.50 bits per heavy atom. The first-order valence-electron chi connectivity index (χ1n) is 10.4. The van der Waals surface area contributed by atoms with Gasteiger partial charge in [0.25, 0.3) is 0 Å². The molecule has 7 heteroatoms. The Balaban J connectivity index is 2.05. The number of nitriles is 1. The third-order valence-corrected chi connectivity index (χ3v) is 6.85. The van der Waals surface area contributed by atoms with Gasteiger partial charge in [0.15, 0.2) is 5.65 Å². The molecule has 0 aromatic carbocycles. The van der Waals surface area contributed by atoms with Crippen LogP contribution in [-0.2, 0) is 5.41 Å². The van der Waals surface area contributed by atoms with Crippen molar-refractivity contribution in [2.75, 3.05) is 32.1 Å². The normalized spacial score (nSPS) is 17.3. The predicted molar refractivity (Wildman–Crippen MR) is 123 cm³/mol. The molecule has 0 aliphatic carbocycles. The van der Waals surface area contributed by atoms with Gasteiger partial charge in [0, 0.05) is 41.7 Å². The van der Waals surface area contributed by atoms with Crippen molar-refractivity contribution in [1.29, 1.82) is 5.26 Å². The fraction of sp³-hybridized carbons (Fsp3) is 0.522. The molecule has 0 unspecified atom stereocenters. The molecule has 1 atom stereocenters. The number of aryl methyl sites for hydroxylation is 1. The number of likely N-dealkylation sites (N-methyl/N-ethyl adjacent to an activating group) is 1. The van der Waals surface area contributed by atoms with Gasteiger partial charge in [0.05, 0.1) is 22.0 Å². The van der Waals surface area contributed by atoms with Crippen LogP contribution in [-0.4, -0.2) is 52.5 Å². The van der Waals surface area contributed by atoms with Crippen LogP contribution in [0.3, 0.4) is 0 Å². The molecule has 4 heterocycles. The average Bonchev–Trinajstić information content (AvgIpc) is 3.39. The molecule has 3 aromatic heterocycles. The smallest absolute Gasteiger partial charge is 0.156 e. The third kappa shape index (κ3) is 3.38. The topological polar surface area (TPSA) is 60.5 Å². The largest absolute Gasteiger partial charge is 0.355 e. The number of rotatable bonds is 3. The molecular formula is C23H30N6S. The average molecular weight is 423 g/mol. The van der Waals surface area contributed by atoms with E-state index < -0.39 is 0 Å². The van der Waals surface area contributed by atoms with E-state index in [1.807, 2.05) is 13.8 Å². The molecule has 1 fully saturated rings. The number of fused-ring (bicyclic) bond motifs is 1. The molecule has 158 valence electrons. The Kier molecular flexibility index (Phi) is 5.11. The van der Waals surface area contributed by atoms with Crippen LogP contribution in [0.5, 0.6) is 0 Å². The zero-order valence-electron chi connectivity index (χ0n) is 18.9. The van der Waals surface area contributed by atoms with Crippen molar-refractivity contribution >= 4 is 22.8 Å². The Labute approximate surface area is 182 Å². The summed E-state index contributed by atoms with van der Waals surface area (Å²) >= 11 is 1.65. The maximum Gasteiger partial charge on any atom is 0.156 e. The Morgan fingerprint density at radius 1 is 1.23 bits per heavy atom. The lowest BCUT2D eigenvalue weighted by atomic mass is 9.93. The Bertz CT molecular complexity index is 1140. The first kappa shape index (κ1) is 20.8. The van der Waals surface area contributed by atoms with E-state index in [1.165, 1.54) is 0 Å². The first-order chi connectivity index (χ1) is 14.1. The van der Waals surface area contributed by atoms with Crippen LogP contribution in [0, 0.1) is 25.2 Å². The molecule has 0 amide bonds. The molecule has 0 saturated carbocycles. The van der Waals surface area contributed by atoms with Crippen molar-refractivity contribution in [3.63, 3.8) is 0 Å². The number of aromatic nitrogens is 3. The summed E-state index contributed by atoms with van der Waals surface area (Å²) in [6, 6.07) is 2.94. The van der Waals surface area contributed by atoms with Gasteiger partial charge in [0.1, 0.15) is 11.9 Å². The lowest BCUT2D eigenvalue weighted by Crippen LogP contribution is -2.32. The van der Waals surface area contributed by atoms with Gasteiger partial charge in [-0.1, -0.05) is 20.8 Å². The maximum atomic E-state index is 10.0. The molecule has 0 radical (unpaired) electrons. The van der Waals surface area contributed by atoms with Crippen molar-refractivity contribution in [1.82, 2.24) is 19.3 Å². The molecule has 0 spiro atoms. The highest BCUT2D eigenvalue weighted by Crippen LogP contribution is 2.40. The summed E-state index contributed by atoms with van der Waals surface area (Å²) in [5.41, 5.74) is 5.25. The van der Waals surface area contributed by atoms with E-state index in [4.69, 9.17) is 9.97 Å². The fourth-order valence-electron chi connectivity index (χ4n) is 4.25. The van der Waals surface area contributed by atoms with Crippen LogP contribution >= 0.6 is 11.3 Å². The van der Waals surface area contributed by atoms with Crippen molar-refractivity contribution in [2.45, 2.75) is 52.5 Å². The second-order valence-corrected chi connectivity index (χ2v) is 10.5. The van der Waals surface area contributed by atoms with E-state index in [2.05, 4.69) is 66.7 Å². The van der Waals surface area contributed by atoms with E-state index in [-0.39, 0.29) is 5.41 Å². The van der Waals surface area contributed by atoms with E-state index in [0.717, 1.165) is 58.5 Å². The van der Waals surface area contributed by atoms with Gasteiger partial charge in [-0.3, -0.25) is 4.40 Å². The second-order valence-electron chi connectivity index (χ2n) is 9.48. The third-order valence-electron chi connectivity index (χ3n) is 6.08. The molecule has 0 N–H and O–H groups in total. The number of imidazole rings is 1. The minimum atomic E-state index is -0.0987. The molecule has 6 nitrogen and oxygen atoms in total. The zero-order valence-corrected chi connectivity index (χ0v) is 19.8. The van der Waals surface area contributed by atoms with Gasteiger partial charge in [-0.15, -0.1) is 11.3 Å². The van der Waals surface area contributed by atoms with Gasteiger partial charge in [0.2, 0.25) is 0 Å². The lowest BCUT2D eigenvalue weighted by molar-refractivity contribution is 0.315. The summed E-state index contributed by atoms with van der Waals surface area (Å²) in [4.78, 5) is 14.5. The van der Waals surface area contributed by atoms with Crippen LogP contribution in [0.15, 0.2) is 11.6 Å². The second kappa shape index (κ2) is 7.36. The summed E-state index contributed by atoms with van der Waals surface area (Å²) in [5, 5.41) is 13.2. The van der Waals surface area contributed by atoms with Crippen molar-refractivity contribution in [3.05, 3.63) is 33.4 Å². The number of hydrogen-bond acceptors (Lipinski definition) is 6. The Morgan fingerprint density at radius 2 is 1.97 bits per heavy atom. The van der Waals surface area contributed by atoms with Crippen molar-refractivity contribution in [2.24, 2.45) is 0 Å². The standard InChI is InChI=1S/C23H30N6S/c1-14-17(10-24)21-26-19(23(3,4)5)12-29(21)22(20(14)18-13-30-15(2)25-18)28-9-8-16(11-28)27(6)7/h12-13,16H,8-9,11H2,1-7H3/t16-/m0/s1. The lowest BCUT2D eigenvalue weighted by Gasteiger charge is -2.26. The summed E-state index contributed by atoms with van der Waals surface area (Å²) in [6.45, 7) is 12.5. The summed E-state index contributed by atoms with van der Waals surface area (Å²) < 4.78 is 2.15. The molecule has 3 aromatic rings. The summed E-state index contributed by atoms with van der Waals surface area (Å²) in [5.74, 6) is 1.11. The van der Waals surface area contributed by atoms with Crippen LogP contribution in [0.1, 0.15) is 49.0 Å². The van der Waals surface area contributed by atoms with Crippen LogP contribution < -0.4 is 4.90 Å². The molecule has 1 aliphatic heterocycles. The van der Waals surface area contributed by atoms with Crippen molar-refractivity contribution < 1.29 is 0 Å². The van der Waals surface area contributed by atoms with E-state index >= 15 is 0 Å². The highest BCUT2D eigenvalue weighted by Gasteiger charge is 2.32. The van der Waals surface area contributed by atoms with E-state index in [0.29, 0.717) is 11.6 Å². The highest BCUT2D eigenvalue weighted by atomic mass is 32.1. The molecular weight excluding hydrogens is 392 g/mol. The van der Waals surface area contributed by atoms with Gasteiger partial charge in [-0.05, 0) is 39.9 Å². The first-order valence-corrected chi connectivity index (χ1v) is 11.3. The van der Waals surface area contributed by atoms with Gasteiger partial charge in [-0.25, -0.2) is 9.97 Å². The minimum Gasteiger partial charge on any atom is -0.355 e. The number of nitrogens with zero attached hydrogens (tertiary/aromatic N) is 6. The number of pyridine rings is 1. The van der Waals surface area contributed by atoms with Gasteiger partial charge in [-0.2, -0.15) is 5.26 Å². The SMILES string of the molecule is Cc1nc(-c2c(C)c(C#N)c3nc(C(C)(C)C)cn3c2N2CC[C@H](N(C)C)C2)cs1. The monoisotopic (exact) mass is 422 g/mol. The summed E-state index contributed by atoms with van der Waals surface area (Å²) in [6.07, 6.45) is 3.24. The summed E-state index contributed by atoms with van der Waals surface area (Å²) in [7, 11) is 4.29. The van der Waals surface area contributed by atoms with E-state index in [1.54, 1.807) is 11.3 Å². The van der Waals surface area contributed by atoms with Crippen molar-refractivity contribution in [3.8, 4) is 17.3 Å². The van der Waals surface area contributed by atoms with E-state index in [9.17, 15) is 5.26 Å². The van der Waals surface area contributed by atoms with Gasteiger partial charge >= 0.3 is 0 Å². The molecule has 4 rings (SSSR count). The van der Waals surface area contributed by atoms with Crippen LogP contribution in [0.2, 0.25) is 0 Å². The van der Waals surface area contributed by atoms with Crippen LogP contribution in [0.25, 0.3) is 16.9 Å². The number of thiazole rings is 1. The van der Waals surface area contributed by atoms with Crippen LogP contribution in [0.4, 0.5) is 5.82 Å². The number of hydrogen-bond donors (Lipinski definition) is 0. The maximum absolute atomic E-state index is 10.0. The predicted octanol–water partition coefficient (Wildman–Crippen LogP) is 4.38. The molecule has 0 bridgehead atoms. The molecule has 1 saturated heterocycles. The molecule has 1 aliphatic rings. The fourth-order valence-corrected chi connectivity index (χ4v) is 4.85.